The van der Waals surface area contributed by atoms with Gasteiger partial charge in [0.1, 0.15) is 0 Å². The second-order valence-corrected chi connectivity index (χ2v) is 6.00. The van der Waals surface area contributed by atoms with E-state index in [1.165, 1.54) is 5.56 Å². The number of carbonyl (C=O) groups is 1. The summed E-state index contributed by atoms with van der Waals surface area (Å²) in [5.41, 5.74) is 2.63. The Balaban J connectivity index is 1.77. The molecule has 0 saturated carbocycles. The summed E-state index contributed by atoms with van der Waals surface area (Å²) in [6.45, 7) is 0.777. The highest BCUT2D eigenvalue weighted by molar-refractivity contribution is 9.10. The van der Waals surface area contributed by atoms with E-state index in [9.17, 15) is 4.79 Å². The third-order valence-electron chi connectivity index (χ3n) is 3.44. The number of rotatable bonds is 4. The zero-order valence-corrected chi connectivity index (χ0v) is 13.5. The van der Waals surface area contributed by atoms with Crippen LogP contribution in [-0.2, 0) is 6.54 Å². The molecule has 0 radical (unpaired) electrons. The standard InChI is InChI=1S/C19H15BrNO/c20-18-8-4-5-15(13-18)14-21-11-9-17(10-12-21)19(22)16-6-2-1-3-7-16/h1-13H,14H2/q+1. The second kappa shape index (κ2) is 6.67. The van der Waals surface area contributed by atoms with Gasteiger partial charge in [0.05, 0.1) is 0 Å². The third kappa shape index (κ3) is 3.49. The van der Waals surface area contributed by atoms with E-state index < -0.39 is 0 Å². The molecule has 3 aromatic rings. The Hall–Kier alpha value is -2.26. The Kier molecular flexibility index (Phi) is 4.45. The van der Waals surface area contributed by atoms with Gasteiger partial charge in [-0.15, -0.1) is 0 Å². The van der Waals surface area contributed by atoms with Crippen LogP contribution in [0.15, 0.2) is 83.6 Å². The van der Waals surface area contributed by atoms with E-state index in [0.29, 0.717) is 11.1 Å². The topological polar surface area (TPSA) is 20.9 Å². The van der Waals surface area contributed by atoms with Crippen LogP contribution in [-0.4, -0.2) is 5.78 Å². The largest absolute Gasteiger partial charge is 0.289 e. The van der Waals surface area contributed by atoms with Crippen molar-refractivity contribution in [2.45, 2.75) is 6.54 Å². The summed E-state index contributed by atoms with van der Waals surface area (Å²) in [7, 11) is 0. The minimum absolute atomic E-state index is 0.0511. The van der Waals surface area contributed by atoms with Gasteiger partial charge in [0.15, 0.2) is 24.7 Å². The van der Waals surface area contributed by atoms with Gasteiger partial charge in [0.25, 0.3) is 0 Å². The lowest BCUT2D eigenvalue weighted by atomic mass is 10.0. The van der Waals surface area contributed by atoms with Gasteiger partial charge in [-0.1, -0.05) is 58.4 Å². The van der Waals surface area contributed by atoms with Crippen molar-refractivity contribution in [3.8, 4) is 0 Å². The van der Waals surface area contributed by atoms with Crippen molar-refractivity contribution in [3.05, 3.63) is 100 Å². The summed E-state index contributed by atoms with van der Waals surface area (Å²) in [6.07, 6.45) is 3.88. The smallest absolute Gasteiger partial charge is 0.193 e. The van der Waals surface area contributed by atoms with Gasteiger partial charge < -0.3 is 0 Å². The van der Waals surface area contributed by atoms with Crippen molar-refractivity contribution in [2.24, 2.45) is 0 Å². The first-order chi connectivity index (χ1) is 10.7. The van der Waals surface area contributed by atoms with Gasteiger partial charge in [-0.25, -0.2) is 4.57 Å². The average molecular weight is 353 g/mol. The molecule has 0 aliphatic carbocycles. The highest BCUT2D eigenvalue weighted by Gasteiger charge is 2.10. The quantitative estimate of drug-likeness (QED) is 0.513. The van der Waals surface area contributed by atoms with E-state index >= 15 is 0 Å². The van der Waals surface area contributed by atoms with Gasteiger partial charge >= 0.3 is 0 Å². The van der Waals surface area contributed by atoms with Crippen LogP contribution < -0.4 is 4.57 Å². The van der Waals surface area contributed by atoms with E-state index in [0.717, 1.165) is 11.0 Å². The molecule has 0 amide bonds. The molecule has 0 N–H and O–H groups in total. The normalized spacial score (nSPS) is 10.4. The van der Waals surface area contributed by atoms with Crippen LogP contribution in [0.3, 0.4) is 0 Å². The lowest BCUT2D eigenvalue weighted by Crippen LogP contribution is -2.33. The van der Waals surface area contributed by atoms with Gasteiger partial charge in [-0.3, -0.25) is 4.79 Å². The molecule has 0 aliphatic heterocycles. The molecule has 3 heteroatoms. The number of nitrogens with zero attached hydrogens (tertiary/aromatic N) is 1. The first-order valence-electron chi connectivity index (χ1n) is 7.06. The number of hydrogen-bond donors (Lipinski definition) is 0. The van der Waals surface area contributed by atoms with Crippen molar-refractivity contribution >= 4 is 21.7 Å². The molecular weight excluding hydrogens is 338 g/mol. The maximum absolute atomic E-state index is 12.3. The van der Waals surface area contributed by atoms with E-state index in [1.54, 1.807) is 0 Å². The van der Waals surface area contributed by atoms with Crippen LogP contribution in [0.1, 0.15) is 21.5 Å². The second-order valence-electron chi connectivity index (χ2n) is 5.08. The molecule has 108 valence electrons. The van der Waals surface area contributed by atoms with E-state index in [2.05, 4.69) is 32.6 Å². The van der Waals surface area contributed by atoms with Crippen LogP contribution in [0.2, 0.25) is 0 Å². The molecule has 0 aliphatic rings. The molecule has 0 saturated heterocycles. The van der Waals surface area contributed by atoms with Crippen LogP contribution in [0, 0.1) is 0 Å². The molecule has 22 heavy (non-hydrogen) atoms. The van der Waals surface area contributed by atoms with Crippen LogP contribution in [0.4, 0.5) is 0 Å². The summed E-state index contributed by atoms with van der Waals surface area (Å²) >= 11 is 3.48. The molecule has 3 rings (SSSR count). The van der Waals surface area contributed by atoms with Crippen LogP contribution in [0.25, 0.3) is 0 Å². The maximum Gasteiger partial charge on any atom is 0.193 e. The van der Waals surface area contributed by atoms with Crippen molar-refractivity contribution in [3.63, 3.8) is 0 Å². The summed E-state index contributed by atoms with van der Waals surface area (Å²) in [5.74, 6) is 0.0511. The number of pyridine rings is 1. The van der Waals surface area contributed by atoms with Crippen LogP contribution in [0.5, 0.6) is 0 Å². The lowest BCUT2D eigenvalue weighted by Gasteiger charge is -2.02. The van der Waals surface area contributed by atoms with E-state index in [4.69, 9.17) is 0 Å². The third-order valence-corrected chi connectivity index (χ3v) is 3.94. The number of halogens is 1. The molecule has 0 fully saturated rings. The maximum atomic E-state index is 12.3. The van der Waals surface area contributed by atoms with Gasteiger partial charge in [0.2, 0.25) is 0 Å². The Labute approximate surface area is 138 Å². The highest BCUT2D eigenvalue weighted by atomic mass is 79.9. The first kappa shape index (κ1) is 14.7. The van der Waals surface area contributed by atoms with Crippen molar-refractivity contribution < 1.29 is 9.36 Å². The average Bonchev–Trinajstić information content (AvgIpc) is 2.56. The Morgan fingerprint density at radius 1 is 0.864 bits per heavy atom. The predicted octanol–water partition coefficient (Wildman–Crippen LogP) is 4.02. The zero-order valence-electron chi connectivity index (χ0n) is 11.9. The van der Waals surface area contributed by atoms with Crippen LogP contribution >= 0.6 is 15.9 Å². The number of hydrogen-bond acceptors (Lipinski definition) is 1. The first-order valence-corrected chi connectivity index (χ1v) is 7.85. The van der Waals surface area contributed by atoms with Crippen molar-refractivity contribution in [1.29, 1.82) is 0 Å². The SMILES string of the molecule is O=C(c1ccccc1)c1cc[n+](Cc2cccc(Br)c2)cc1. The minimum atomic E-state index is 0.0511. The molecule has 2 nitrogen and oxygen atoms in total. The lowest BCUT2D eigenvalue weighted by molar-refractivity contribution is -0.688. The summed E-state index contributed by atoms with van der Waals surface area (Å²) in [6, 6.07) is 21.3. The fourth-order valence-corrected chi connectivity index (χ4v) is 2.76. The van der Waals surface area contributed by atoms with Gasteiger partial charge in [-0.05, 0) is 12.1 Å². The van der Waals surface area contributed by atoms with Gasteiger partial charge in [-0.2, -0.15) is 0 Å². The van der Waals surface area contributed by atoms with E-state index in [1.807, 2.05) is 67.0 Å². The molecule has 0 spiro atoms. The summed E-state index contributed by atoms with van der Waals surface area (Å²) < 4.78 is 3.13. The minimum Gasteiger partial charge on any atom is -0.289 e. The molecular formula is C19H15BrNO+. The monoisotopic (exact) mass is 352 g/mol. The summed E-state index contributed by atoms with van der Waals surface area (Å²) in [5, 5.41) is 0. The van der Waals surface area contributed by atoms with Crippen molar-refractivity contribution in [1.82, 2.24) is 0 Å². The predicted molar refractivity (Wildman–Crippen MR) is 89.8 cm³/mol. The Bertz CT molecular complexity index is 782. The number of benzene rings is 2. The van der Waals surface area contributed by atoms with Crippen molar-refractivity contribution in [2.75, 3.05) is 0 Å². The summed E-state index contributed by atoms with van der Waals surface area (Å²) in [4.78, 5) is 12.3. The number of carbonyl (C=O) groups excluding carboxylic acids is 1. The number of ketones is 1. The molecule has 0 bridgehead atoms. The fourth-order valence-electron chi connectivity index (χ4n) is 2.32. The molecule has 0 unspecified atom stereocenters. The Morgan fingerprint density at radius 3 is 2.23 bits per heavy atom. The van der Waals surface area contributed by atoms with E-state index in [-0.39, 0.29) is 5.78 Å². The molecule has 1 aromatic heterocycles. The Morgan fingerprint density at radius 2 is 1.55 bits per heavy atom. The molecule has 2 aromatic carbocycles. The number of aromatic nitrogens is 1. The molecule has 1 heterocycles. The highest BCUT2D eigenvalue weighted by Crippen LogP contribution is 2.12. The van der Waals surface area contributed by atoms with Gasteiger partial charge in [0, 0.05) is 33.3 Å². The fraction of sp³-hybridized carbons (Fsp3) is 0.0526. The molecule has 0 atom stereocenters. The zero-order chi connectivity index (χ0) is 15.4.